The molecule has 3 aliphatic rings. The maximum Gasteiger partial charge on any atom is 0.238 e. The minimum atomic E-state index is -0.655. The van der Waals surface area contributed by atoms with E-state index in [0.717, 1.165) is 57.3 Å². The molecule has 6 nitrogen and oxygen atoms in total. The average Bonchev–Trinajstić information content (AvgIpc) is 3.40. The third-order valence-electron chi connectivity index (χ3n) is 6.12. The molecule has 2 saturated carbocycles. The van der Waals surface area contributed by atoms with E-state index >= 15 is 0 Å². The first-order valence-corrected chi connectivity index (χ1v) is 9.64. The number of hydrogen-bond donors (Lipinski definition) is 1. The highest BCUT2D eigenvalue weighted by molar-refractivity contribution is 5.82. The van der Waals surface area contributed by atoms with Crippen molar-refractivity contribution in [3.8, 4) is 6.07 Å². The fourth-order valence-electron chi connectivity index (χ4n) is 4.28. The van der Waals surface area contributed by atoms with Gasteiger partial charge in [0.2, 0.25) is 5.91 Å². The highest BCUT2D eigenvalue weighted by Crippen LogP contribution is 2.37. The van der Waals surface area contributed by atoms with Gasteiger partial charge in [-0.2, -0.15) is 5.26 Å². The van der Waals surface area contributed by atoms with Gasteiger partial charge in [0.15, 0.2) is 0 Å². The summed E-state index contributed by atoms with van der Waals surface area (Å²) in [6.07, 6.45) is 10.2. The van der Waals surface area contributed by atoms with Gasteiger partial charge in [0.05, 0.1) is 24.1 Å². The Balaban J connectivity index is 1.41. The van der Waals surface area contributed by atoms with Crippen LogP contribution in [0.4, 0.5) is 0 Å². The third kappa shape index (κ3) is 3.18. The Labute approximate surface area is 149 Å². The van der Waals surface area contributed by atoms with E-state index in [4.69, 9.17) is 0 Å². The summed E-state index contributed by atoms with van der Waals surface area (Å²) in [5.74, 6) is -0.0199. The van der Waals surface area contributed by atoms with E-state index in [2.05, 4.69) is 25.8 Å². The molecule has 6 heteroatoms. The molecule has 2 heterocycles. The van der Waals surface area contributed by atoms with Gasteiger partial charge in [0.25, 0.3) is 0 Å². The maximum atomic E-state index is 12.8. The number of imidazole rings is 1. The second-order valence-electron chi connectivity index (χ2n) is 7.92. The van der Waals surface area contributed by atoms with Gasteiger partial charge in [0.1, 0.15) is 5.54 Å². The van der Waals surface area contributed by atoms with Crippen LogP contribution in [0.15, 0.2) is 6.33 Å². The SMILES string of the molecule is C[C@@H](C(=O)NC1(C#N)CCCCC1)N1CCc2c(ncn2C2CC2)C1. The lowest BCUT2D eigenvalue weighted by Crippen LogP contribution is -2.55. The van der Waals surface area contributed by atoms with E-state index < -0.39 is 5.54 Å². The molecule has 1 N–H and O–H groups in total. The maximum absolute atomic E-state index is 12.8. The standard InChI is InChI=1S/C19H27N5O/c1-14(18(25)22-19(12-20)8-3-2-4-9-19)23-10-7-17-16(11-23)21-13-24(17)15-5-6-15/h13-15H,2-11H2,1H3,(H,22,25)/t14-/m0/s1. The van der Waals surface area contributed by atoms with Crippen molar-refractivity contribution in [2.45, 2.75) is 82.5 Å². The zero-order chi connectivity index (χ0) is 17.4. The first kappa shape index (κ1) is 16.6. The van der Waals surface area contributed by atoms with E-state index in [9.17, 15) is 10.1 Å². The number of nitrogens with one attached hydrogen (secondary N) is 1. The fourth-order valence-corrected chi connectivity index (χ4v) is 4.28. The van der Waals surface area contributed by atoms with Crippen LogP contribution in [0, 0.1) is 11.3 Å². The molecular weight excluding hydrogens is 314 g/mol. The normalized spacial score (nSPS) is 24.2. The second-order valence-corrected chi connectivity index (χ2v) is 7.92. The van der Waals surface area contributed by atoms with Crippen molar-refractivity contribution < 1.29 is 4.79 Å². The summed E-state index contributed by atoms with van der Waals surface area (Å²) in [7, 11) is 0. The Bertz CT molecular complexity index is 693. The van der Waals surface area contributed by atoms with Crippen LogP contribution in [0.3, 0.4) is 0 Å². The van der Waals surface area contributed by atoms with Gasteiger partial charge in [0, 0.05) is 31.2 Å². The Morgan fingerprint density at radius 3 is 2.84 bits per heavy atom. The van der Waals surface area contributed by atoms with Crippen molar-refractivity contribution >= 4 is 5.91 Å². The largest absolute Gasteiger partial charge is 0.336 e. The molecule has 0 unspecified atom stereocenters. The molecule has 1 atom stereocenters. The van der Waals surface area contributed by atoms with Crippen molar-refractivity contribution in [3.05, 3.63) is 17.7 Å². The number of fused-ring (bicyclic) bond motifs is 1. The summed E-state index contributed by atoms with van der Waals surface area (Å²) in [4.78, 5) is 19.6. The van der Waals surface area contributed by atoms with Crippen LogP contribution in [0.1, 0.15) is 69.3 Å². The highest BCUT2D eigenvalue weighted by atomic mass is 16.2. The molecule has 0 bridgehead atoms. The lowest BCUT2D eigenvalue weighted by Gasteiger charge is -2.36. The molecule has 0 spiro atoms. The Hall–Kier alpha value is -1.87. The van der Waals surface area contributed by atoms with Gasteiger partial charge in [-0.1, -0.05) is 19.3 Å². The number of aromatic nitrogens is 2. The molecule has 2 aliphatic carbocycles. The minimum absolute atomic E-state index is 0.0199. The summed E-state index contributed by atoms with van der Waals surface area (Å²) in [6.45, 7) is 3.55. The lowest BCUT2D eigenvalue weighted by atomic mass is 9.82. The lowest BCUT2D eigenvalue weighted by molar-refractivity contribution is -0.128. The Kier molecular flexibility index (Phi) is 4.28. The van der Waals surface area contributed by atoms with Gasteiger partial charge in [-0.25, -0.2) is 4.98 Å². The molecule has 1 aromatic rings. The summed E-state index contributed by atoms with van der Waals surface area (Å²) in [5.41, 5.74) is 1.82. The van der Waals surface area contributed by atoms with Crippen molar-refractivity contribution in [3.63, 3.8) is 0 Å². The number of carbonyl (C=O) groups is 1. The number of amides is 1. The summed E-state index contributed by atoms with van der Waals surface area (Å²) < 4.78 is 2.34. The highest BCUT2D eigenvalue weighted by Gasteiger charge is 2.37. The zero-order valence-corrected chi connectivity index (χ0v) is 15.0. The minimum Gasteiger partial charge on any atom is -0.336 e. The molecule has 0 aromatic carbocycles. The van der Waals surface area contributed by atoms with Crippen LogP contribution in [0.5, 0.6) is 0 Å². The number of carbonyl (C=O) groups excluding carboxylic acids is 1. The van der Waals surface area contributed by atoms with Gasteiger partial charge >= 0.3 is 0 Å². The van der Waals surface area contributed by atoms with Gasteiger partial charge in [-0.3, -0.25) is 9.69 Å². The van der Waals surface area contributed by atoms with Crippen molar-refractivity contribution in [2.24, 2.45) is 0 Å². The predicted octanol–water partition coefficient (Wildman–Crippen LogP) is 2.31. The van der Waals surface area contributed by atoms with E-state index in [0.29, 0.717) is 6.04 Å². The molecule has 4 rings (SSSR count). The number of rotatable bonds is 4. The van der Waals surface area contributed by atoms with Gasteiger partial charge in [-0.05, 0) is 32.6 Å². The van der Waals surface area contributed by atoms with E-state index in [-0.39, 0.29) is 11.9 Å². The van der Waals surface area contributed by atoms with E-state index in [1.54, 1.807) is 0 Å². The summed E-state index contributed by atoms with van der Waals surface area (Å²) in [5, 5.41) is 12.7. The topological polar surface area (TPSA) is 74.0 Å². The van der Waals surface area contributed by atoms with Crippen LogP contribution < -0.4 is 5.32 Å². The zero-order valence-electron chi connectivity index (χ0n) is 15.0. The molecule has 0 radical (unpaired) electrons. The molecule has 25 heavy (non-hydrogen) atoms. The molecular formula is C19H27N5O. The smallest absolute Gasteiger partial charge is 0.238 e. The van der Waals surface area contributed by atoms with Crippen LogP contribution in [-0.4, -0.2) is 38.5 Å². The van der Waals surface area contributed by atoms with Crippen molar-refractivity contribution in [1.29, 1.82) is 5.26 Å². The monoisotopic (exact) mass is 341 g/mol. The fraction of sp³-hybridized carbons (Fsp3) is 0.737. The van der Waals surface area contributed by atoms with E-state index in [1.165, 1.54) is 18.5 Å². The van der Waals surface area contributed by atoms with Crippen molar-refractivity contribution in [1.82, 2.24) is 19.8 Å². The molecule has 1 aliphatic heterocycles. The molecule has 0 saturated heterocycles. The molecule has 1 amide bonds. The summed E-state index contributed by atoms with van der Waals surface area (Å²) >= 11 is 0. The molecule has 2 fully saturated rings. The Morgan fingerprint density at radius 2 is 2.16 bits per heavy atom. The number of nitrogens with zero attached hydrogens (tertiary/aromatic N) is 4. The van der Waals surface area contributed by atoms with Crippen LogP contribution in [0.2, 0.25) is 0 Å². The number of nitriles is 1. The first-order valence-electron chi connectivity index (χ1n) is 9.64. The van der Waals surface area contributed by atoms with E-state index in [1.807, 2.05) is 13.3 Å². The molecule has 1 aromatic heterocycles. The summed E-state index contributed by atoms with van der Waals surface area (Å²) in [6, 6.07) is 2.81. The number of hydrogen-bond acceptors (Lipinski definition) is 4. The van der Waals surface area contributed by atoms with Gasteiger partial charge < -0.3 is 9.88 Å². The Morgan fingerprint density at radius 1 is 1.40 bits per heavy atom. The second kappa shape index (κ2) is 6.45. The third-order valence-corrected chi connectivity index (χ3v) is 6.12. The van der Waals surface area contributed by atoms with Crippen LogP contribution >= 0.6 is 0 Å². The van der Waals surface area contributed by atoms with Crippen LogP contribution in [-0.2, 0) is 17.8 Å². The van der Waals surface area contributed by atoms with Gasteiger partial charge in [-0.15, -0.1) is 0 Å². The first-order chi connectivity index (χ1) is 12.1. The quantitative estimate of drug-likeness (QED) is 0.912. The predicted molar refractivity (Wildman–Crippen MR) is 93.6 cm³/mol. The van der Waals surface area contributed by atoms with Crippen LogP contribution in [0.25, 0.3) is 0 Å². The average molecular weight is 341 g/mol. The van der Waals surface area contributed by atoms with Crippen molar-refractivity contribution in [2.75, 3.05) is 6.54 Å². The molecule has 134 valence electrons.